The van der Waals surface area contributed by atoms with Crippen LogP contribution in [0.15, 0.2) is 0 Å². The largest absolute Gasteiger partial charge is 0.381 e. The summed E-state index contributed by atoms with van der Waals surface area (Å²) in [5, 5.41) is 16.5. The molecular formula is C24H40N4O4. The van der Waals surface area contributed by atoms with Crippen molar-refractivity contribution in [3.63, 3.8) is 0 Å². The summed E-state index contributed by atoms with van der Waals surface area (Å²) in [7, 11) is 0. The van der Waals surface area contributed by atoms with Gasteiger partial charge in [0.25, 0.3) is 5.91 Å². The lowest BCUT2D eigenvalue weighted by molar-refractivity contribution is -0.144. The molecule has 2 aliphatic carbocycles. The molecule has 32 heavy (non-hydrogen) atoms. The molecule has 0 spiro atoms. The fraction of sp³-hybridized carbons (Fsp3) is 0.875. The molecular weight excluding hydrogens is 408 g/mol. The minimum absolute atomic E-state index is 0.0421. The highest BCUT2D eigenvalue weighted by atomic mass is 16.3. The summed E-state index contributed by atoms with van der Waals surface area (Å²) in [6.45, 7) is 6.45. The van der Waals surface area contributed by atoms with Gasteiger partial charge in [-0.1, -0.05) is 19.8 Å². The van der Waals surface area contributed by atoms with Gasteiger partial charge in [-0.15, -0.1) is 0 Å². The smallest absolute Gasteiger partial charge is 0.251 e. The summed E-state index contributed by atoms with van der Waals surface area (Å²) in [4.78, 5) is 43.4. The first-order valence-electron chi connectivity index (χ1n) is 12.7. The number of amides is 3. The second-order valence-electron chi connectivity index (χ2n) is 10.3. The molecule has 2 saturated heterocycles. The highest BCUT2D eigenvalue weighted by Crippen LogP contribution is 2.42. The maximum Gasteiger partial charge on any atom is 0.251 e. The molecule has 6 atom stereocenters. The zero-order valence-electron chi connectivity index (χ0n) is 19.6. The van der Waals surface area contributed by atoms with E-state index in [1.54, 1.807) is 0 Å². The molecule has 3 N–H and O–H groups in total. The van der Waals surface area contributed by atoms with Crippen molar-refractivity contribution in [1.29, 1.82) is 0 Å². The van der Waals surface area contributed by atoms with Gasteiger partial charge in [-0.05, 0) is 76.8 Å². The van der Waals surface area contributed by atoms with Crippen LogP contribution in [0.1, 0.15) is 71.6 Å². The summed E-state index contributed by atoms with van der Waals surface area (Å²) in [6, 6.07) is -1.20. The molecule has 3 amide bonds. The van der Waals surface area contributed by atoms with Gasteiger partial charge in [0.1, 0.15) is 6.04 Å². The molecule has 0 aromatic carbocycles. The first kappa shape index (κ1) is 23.5. The number of likely N-dealkylation sites (tertiary alicyclic amines) is 2. The highest BCUT2D eigenvalue weighted by Gasteiger charge is 2.51. The lowest BCUT2D eigenvalue weighted by Crippen LogP contribution is -2.58. The van der Waals surface area contributed by atoms with E-state index in [0.717, 1.165) is 64.5 Å². The van der Waals surface area contributed by atoms with Crippen LogP contribution in [-0.4, -0.2) is 82.5 Å². The predicted molar refractivity (Wildman–Crippen MR) is 121 cm³/mol. The average molecular weight is 449 g/mol. The Morgan fingerprint density at radius 2 is 1.78 bits per heavy atom. The fourth-order valence-electron chi connectivity index (χ4n) is 5.98. The van der Waals surface area contributed by atoms with Crippen molar-refractivity contribution in [3.05, 3.63) is 0 Å². The summed E-state index contributed by atoms with van der Waals surface area (Å²) in [6.07, 6.45) is 7.21. The standard InChI is InChI=1S/C24H40N4O4/c1-3-7-19(21(29)23(31)25-17-10-11-17)26-22(30)20-18-9-6-8-16(18)14-28(20)24(32)15(2)27-12-4-5-13-27/h15-21,29H,3-14H2,1-2H3,(H,25,31)(H,26,30)/t15-,16?,18?,19?,20?,21?/m1/s1. The maximum atomic E-state index is 13.5. The summed E-state index contributed by atoms with van der Waals surface area (Å²) in [5.41, 5.74) is 0. The van der Waals surface area contributed by atoms with Gasteiger partial charge in [-0.3, -0.25) is 19.3 Å². The van der Waals surface area contributed by atoms with Crippen LogP contribution in [0.5, 0.6) is 0 Å². The Morgan fingerprint density at radius 1 is 1.06 bits per heavy atom. The normalized spacial score (nSPS) is 30.6. The van der Waals surface area contributed by atoms with E-state index in [1.165, 1.54) is 0 Å². The molecule has 4 rings (SSSR count). The first-order valence-corrected chi connectivity index (χ1v) is 12.7. The highest BCUT2D eigenvalue weighted by molar-refractivity contribution is 5.91. The van der Waals surface area contributed by atoms with Crippen LogP contribution in [0.4, 0.5) is 0 Å². The molecule has 2 saturated carbocycles. The van der Waals surface area contributed by atoms with Gasteiger partial charge in [0.2, 0.25) is 11.8 Å². The SMILES string of the molecule is CCCC(NC(=O)C1C2CCCC2CN1C(=O)[C@@H](C)N1CCCC1)C(O)C(=O)NC1CC1. The molecule has 0 radical (unpaired) electrons. The number of nitrogens with zero attached hydrogens (tertiary/aromatic N) is 2. The number of nitrogens with one attached hydrogen (secondary N) is 2. The van der Waals surface area contributed by atoms with Crippen LogP contribution in [0.3, 0.4) is 0 Å². The van der Waals surface area contributed by atoms with Gasteiger partial charge < -0.3 is 20.6 Å². The van der Waals surface area contributed by atoms with Gasteiger partial charge in [-0.25, -0.2) is 0 Å². The molecule has 0 aromatic rings. The van der Waals surface area contributed by atoms with E-state index in [9.17, 15) is 19.5 Å². The second-order valence-corrected chi connectivity index (χ2v) is 10.3. The van der Waals surface area contributed by atoms with Crippen molar-refractivity contribution < 1.29 is 19.5 Å². The van der Waals surface area contributed by atoms with Gasteiger partial charge >= 0.3 is 0 Å². The van der Waals surface area contributed by atoms with Crippen molar-refractivity contribution in [1.82, 2.24) is 20.4 Å². The number of hydrogen-bond acceptors (Lipinski definition) is 5. The van der Waals surface area contributed by atoms with Crippen LogP contribution in [0.2, 0.25) is 0 Å². The Kier molecular flexibility index (Phi) is 7.40. The second kappa shape index (κ2) is 10.1. The molecule has 0 aromatic heterocycles. The van der Waals surface area contributed by atoms with Crippen LogP contribution in [-0.2, 0) is 14.4 Å². The van der Waals surface area contributed by atoms with E-state index in [4.69, 9.17) is 0 Å². The van der Waals surface area contributed by atoms with Crippen LogP contribution in [0.25, 0.3) is 0 Å². The molecule has 2 heterocycles. The Bertz CT molecular complexity index is 706. The Balaban J connectivity index is 1.46. The number of carbonyl (C=O) groups is 3. The number of carbonyl (C=O) groups excluding carboxylic acids is 3. The van der Waals surface area contributed by atoms with Crippen LogP contribution >= 0.6 is 0 Å². The van der Waals surface area contributed by atoms with E-state index >= 15 is 0 Å². The van der Waals surface area contributed by atoms with Gasteiger partial charge in [-0.2, -0.15) is 0 Å². The van der Waals surface area contributed by atoms with Gasteiger partial charge in [0.15, 0.2) is 6.10 Å². The quantitative estimate of drug-likeness (QED) is 0.489. The molecule has 8 nitrogen and oxygen atoms in total. The predicted octanol–water partition coefficient (Wildman–Crippen LogP) is 1.02. The van der Waals surface area contributed by atoms with Crippen molar-refractivity contribution in [2.24, 2.45) is 11.8 Å². The first-order chi connectivity index (χ1) is 15.4. The van der Waals surface area contributed by atoms with E-state index in [1.807, 2.05) is 18.7 Å². The minimum atomic E-state index is -1.27. The number of aliphatic hydroxyl groups is 1. The molecule has 4 fully saturated rings. The van der Waals surface area contributed by atoms with Crippen LogP contribution in [0, 0.1) is 11.8 Å². The summed E-state index contributed by atoms with van der Waals surface area (Å²) in [5.74, 6) is -0.0387. The van der Waals surface area contributed by atoms with Crippen LogP contribution < -0.4 is 10.6 Å². The van der Waals surface area contributed by atoms with Crippen molar-refractivity contribution in [2.45, 2.75) is 102 Å². The third kappa shape index (κ3) is 4.96. The molecule has 0 bridgehead atoms. The van der Waals surface area contributed by atoms with E-state index in [2.05, 4.69) is 15.5 Å². The van der Waals surface area contributed by atoms with Crippen molar-refractivity contribution >= 4 is 17.7 Å². The number of aliphatic hydroxyl groups excluding tert-OH is 1. The molecule has 8 heteroatoms. The van der Waals surface area contributed by atoms with Crippen molar-refractivity contribution in [3.8, 4) is 0 Å². The number of rotatable bonds is 9. The third-order valence-corrected chi connectivity index (χ3v) is 7.99. The Hall–Kier alpha value is -1.67. The van der Waals surface area contributed by atoms with E-state index < -0.39 is 24.1 Å². The summed E-state index contributed by atoms with van der Waals surface area (Å²) < 4.78 is 0. The average Bonchev–Trinajstić information content (AvgIpc) is 3.16. The lowest BCUT2D eigenvalue weighted by Gasteiger charge is -2.33. The van der Waals surface area contributed by atoms with E-state index in [0.29, 0.717) is 18.9 Å². The maximum absolute atomic E-state index is 13.5. The van der Waals surface area contributed by atoms with Gasteiger partial charge in [0, 0.05) is 12.6 Å². The number of hydrogen-bond donors (Lipinski definition) is 3. The monoisotopic (exact) mass is 448 g/mol. The molecule has 4 aliphatic rings. The van der Waals surface area contributed by atoms with Crippen molar-refractivity contribution in [2.75, 3.05) is 19.6 Å². The van der Waals surface area contributed by atoms with E-state index in [-0.39, 0.29) is 29.8 Å². The zero-order chi connectivity index (χ0) is 22.8. The molecule has 180 valence electrons. The number of fused-ring (bicyclic) bond motifs is 1. The third-order valence-electron chi connectivity index (χ3n) is 7.99. The minimum Gasteiger partial charge on any atom is -0.381 e. The topological polar surface area (TPSA) is 102 Å². The lowest BCUT2D eigenvalue weighted by atomic mass is 9.92. The summed E-state index contributed by atoms with van der Waals surface area (Å²) >= 11 is 0. The molecule has 2 aliphatic heterocycles. The molecule has 5 unspecified atom stereocenters. The van der Waals surface area contributed by atoms with Gasteiger partial charge in [0.05, 0.1) is 12.1 Å². The fourth-order valence-corrected chi connectivity index (χ4v) is 5.98. The zero-order valence-corrected chi connectivity index (χ0v) is 19.6. The Morgan fingerprint density at radius 3 is 2.44 bits per heavy atom. The Labute approximate surface area is 191 Å².